The molecule has 0 bridgehead atoms. The van der Waals surface area contributed by atoms with Gasteiger partial charge in [0.15, 0.2) is 11.5 Å². The predicted octanol–water partition coefficient (Wildman–Crippen LogP) is 3.18. The molecule has 0 saturated carbocycles. The van der Waals surface area contributed by atoms with Gasteiger partial charge in [-0.3, -0.25) is 10.1 Å². The number of hydrazone groups is 1. The molecule has 2 aromatic rings. The number of nitro benzene ring substituents is 1. The molecule has 0 aliphatic heterocycles. The molecule has 0 aromatic heterocycles. The Labute approximate surface area is 168 Å². The highest BCUT2D eigenvalue weighted by Crippen LogP contribution is 2.34. The number of benzene rings is 2. The summed E-state index contributed by atoms with van der Waals surface area (Å²) in [6.45, 7) is 2.51. The lowest BCUT2D eigenvalue weighted by Gasteiger charge is -2.14. The van der Waals surface area contributed by atoms with E-state index in [1.54, 1.807) is 24.3 Å². The van der Waals surface area contributed by atoms with Gasteiger partial charge in [-0.05, 0) is 64.9 Å². The van der Waals surface area contributed by atoms with Crippen LogP contribution >= 0.6 is 22.6 Å². The lowest BCUT2D eigenvalue weighted by Crippen LogP contribution is -2.24. The Kier molecular flexibility index (Phi) is 7.34. The minimum Gasteiger partial charge on any atom is -0.490 e. The fraction of sp³-hybridized carbons (Fsp3) is 0.176. The Morgan fingerprint density at radius 1 is 1.33 bits per heavy atom. The van der Waals surface area contributed by atoms with Gasteiger partial charge in [0.2, 0.25) is 0 Å². The number of carbonyl (C=O) groups excluding carboxylic acids is 1. The molecule has 0 fully saturated rings. The van der Waals surface area contributed by atoms with Crippen LogP contribution in [0.2, 0.25) is 0 Å². The van der Waals surface area contributed by atoms with Gasteiger partial charge in [-0.2, -0.15) is 5.10 Å². The summed E-state index contributed by atoms with van der Waals surface area (Å²) in [6, 6.07) is 8.92. The second-order valence-corrected chi connectivity index (χ2v) is 6.37. The zero-order valence-corrected chi connectivity index (χ0v) is 16.5. The molecule has 10 heteroatoms. The lowest BCUT2D eigenvalue weighted by atomic mass is 10.2. The molecule has 2 rings (SSSR count). The van der Waals surface area contributed by atoms with Crippen LogP contribution in [-0.2, 0) is 6.61 Å². The minimum absolute atomic E-state index is 0.0246. The van der Waals surface area contributed by atoms with Gasteiger partial charge in [-0.1, -0.05) is 0 Å². The highest BCUT2D eigenvalue weighted by atomic mass is 127. The molecule has 0 atom stereocenters. The third kappa shape index (κ3) is 6.09. The van der Waals surface area contributed by atoms with E-state index in [9.17, 15) is 14.9 Å². The number of nitrogens with zero attached hydrogens (tertiary/aromatic N) is 2. The summed E-state index contributed by atoms with van der Waals surface area (Å²) in [5.41, 5.74) is 8.59. The molecule has 2 aromatic carbocycles. The van der Waals surface area contributed by atoms with Gasteiger partial charge in [0, 0.05) is 12.1 Å². The van der Waals surface area contributed by atoms with Crippen LogP contribution in [0.4, 0.5) is 10.5 Å². The van der Waals surface area contributed by atoms with Crippen molar-refractivity contribution in [1.82, 2.24) is 5.43 Å². The molecule has 0 aliphatic carbocycles. The van der Waals surface area contributed by atoms with Crippen LogP contribution in [0.15, 0.2) is 41.5 Å². The van der Waals surface area contributed by atoms with Crippen molar-refractivity contribution in [3.05, 3.63) is 61.2 Å². The second kappa shape index (κ2) is 9.71. The average Bonchev–Trinajstić information content (AvgIpc) is 2.61. The van der Waals surface area contributed by atoms with Crippen LogP contribution in [0.3, 0.4) is 0 Å². The molecule has 3 N–H and O–H groups in total. The number of primary amides is 1. The van der Waals surface area contributed by atoms with Gasteiger partial charge >= 0.3 is 6.03 Å². The zero-order valence-electron chi connectivity index (χ0n) is 14.3. The molecule has 27 heavy (non-hydrogen) atoms. The first-order valence-corrected chi connectivity index (χ1v) is 8.89. The van der Waals surface area contributed by atoms with Crippen molar-refractivity contribution in [3.8, 4) is 11.5 Å². The van der Waals surface area contributed by atoms with E-state index in [1.807, 2.05) is 6.92 Å². The van der Waals surface area contributed by atoms with E-state index < -0.39 is 11.0 Å². The number of hydrogen-bond donors (Lipinski definition) is 2. The Hall–Kier alpha value is -2.89. The number of ether oxygens (including phenoxy) is 2. The summed E-state index contributed by atoms with van der Waals surface area (Å²) in [5, 5.41) is 14.4. The average molecular weight is 484 g/mol. The number of nitro groups is 1. The Morgan fingerprint density at radius 3 is 2.63 bits per heavy atom. The van der Waals surface area contributed by atoms with Crippen molar-refractivity contribution < 1.29 is 19.2 Å². The number of halogens is 1. The van der Waals surface area contributed by atoms with Crippen molar-refractivity contribution in [1.29, 1.82) is 0 Å². The van der Waals surface area contributed by atoms with E-state index in [2.05, 4.69) is 33.1 Å². The number of nitrogens with one attached hydrogen (secondary N) is 1. The van der Waals surface area contributed by atoms with Gasteiger partial charge < -0.3 is 15.2 Å². The highest BCUT2D eigenvalue weighted by Gasteiger charge is 2.13. The van der Waals surface area contributed by atoms with E-state index in [1.165, 1.54) is 18.3 Å². The molecule has 0 heterocycles. The number of hydrogen-bond acceptors (Lipinski definition) is 6. The van der Waals surface area contributed by atoms with E-state index in [-0.39, 0.29) is 12.3 Å². The topological polar surface area (TPSA) is 129 Å². The zero-order chi connectivity index (χ0) is 19.8. The molecular formula is C17H17IN4O5. The molecule has 0 aliphatic rings. The van der Waals surface area contributed by atoms with Gasteiger partial charge in [0.1, 0.15) is 6.61 Å². The van der Waals surface area contributed by atoms with Gasteiger partial charge in [0.05, 0.1) is 21.3 Å². The third-order valence-corrected chi connectivity index (χ3v) is 4.05. The normalized spacial score (nSPS) is 10.6. The van der Waals surface area contributed by atoms with E-state index in [4.69, 9.17) is 15.2 Å². The van der Waals surface area contributed by atoms with Crippen molar-refractivity contribution in [2.24, 2.45) is 10.8 Å². The summed E-state index contributed by atoms with van der Waals surface area (Å²) in [6.07, 6.45) is 1.44. The predicted molar refractivity (Wildman–Crippen MR) is 108 cm³/mol. The monoisotopic (exact) mass is 484 g/mol. The standard InChI is InChI=1S/C17H17IN4O5/c1-2-26-15-8-12(9-20-21-17(19)23)7-14(18)16(15)27-10-11-3-5-13(6-4-11)22(24)25/h3-9H,2,10H2,1H3,(H3,19,21,23)/b20-9-. The number of urea groups is 1. The molecule has 9 nitrogen and oxygen atoms in total. The van der Waals surface area contributed by atoms with Crippen LogP contribution in [0, 0.1) is 13.7 Å². The first kappa shape index (κ1) is 20.4. The van der Waals surface area contributed by atoms with Crippen LogP contribution in [-0.4, -0.2) is 23.8 Å². The van der Waals surface area contributed by atoms with E-state index in [0.29, 0.717) is 23.7 Å². The summed E-state index contributed by atoms with van der Waals surface area (Å²) in [5.74, 6) is 1.07. The fourth-order valence-corrected chi connectivity index (χ4v) is 2.89. The van der Waals surface area contributed by atoms with Crippen molar-refractivity contribution in [3.63, 3.8) is 0 Å². The molecule has 0 saturated heterocycles. The van der Waals surface area contributed by atoms with Crippen LogP contribution in [0.5, 0.6) is 11.5 Å². The highest BCUT2D eigenvalue weighted by molar-refractivity contribution is 14.1. The molecule has 0 spiro atoms. The number of nitrogens with two attached hydrogens (primary N) is 1. The number of carbonyl (C=O) groups is 1. The molecule has 0 radical (unpaired) electrons. The first-order chi connectivity index (χ1) is 12.9. The van der Waals surface area contributed by atoms with E-state index in [0.717, 1.165) is 9.13 Å². The van der Waals surface area contributed by atoms with Crippen molar-refractivity contribution >= 4 is 40.5 Å². The quantitative estimate of drug-likeness (QED) is 0.257. The SMILES string of the molecule is CCOc1cc(/C=N\NC(N)=O)cc(I)c1OCc1ccc([N+](=O)[O-])cc1. The maximum absolute atomic E-state index is 10.7. The number of non-ortho nitro benzene ring substituents is 1. The van der Waals surface area contributed by atoms with Gasteiger partial charge in [-0.15, -0.1) is 0 Å². The maximum Gasteiger partial charge on any atom is 0.332 e. The smallest absolute Gasteiger partial charge is 0.332 e. The summed E-state index contributed by atoms with van der Waals surface area (Å²) in [4.78, 5) is 20.9. The minimum atomic E-state index is -0.756. The Balaban J connectivity index is 2.18. The molecule has 142 valence electrons. The number of rotatable bonds is 8. The number of amides is 2. The fourth-order valence-electron chi connectivity index (χ4n) is 2.11. The Bertz CT molecular complexity index is 855. The van der Waals surface area contributed by atoms with Gasteiger partial charge in [0.25, 0.3) is 5.69 Å². The van der Waals surface area contributed by atoms with Crippen LogP contribution < -0.4 is 20.6 Å². The van der Waals surface area contributed by atoms with Crippen LogP contribution in [0.1, 0.15) is 18.1 Å². The first-order valence-electron chi connectivity index (χ1n) is 7.81. The van der Waals surface area contributed by atoms with Crippen LogP contribution in [0.25, 0.3) is 0 Å². The maximum atomic E-state index is 10.7. The van der Waals surface area contributed by atoms with Crippen molar-refractivity contribution in [2.75, 3.05) is 6.61 Å². The summed E-state index contributed by atoms with van der Waals surface area (Å²) >= 11 is 2.11. The third-order valence-electron chi connectivity index (χ3n) is 3.25. The van der Waals surface area contributed by atoms with Crippen molar-refractivity contribution in [2.45, 2.75) is 13.5 Å². The molecule has 0 unspecified atom stereocenters. The summed E-state index contributed by atoms with van der Waals surface area (Å²) in [7, 11) is 0. The Morgan fingerprint density at radius 2 is 2.04 bits per heavy atom. The van der Waals surface area contributed by atoms with E-state index >= 15 is 0 Å². The van der Waals surface area contributed by atoms with Gasteiger partial charge in [-0.25, -0.2) is 10.2 Å². The second-order valence-electron chi connectivity index (χ2n) is 5.21. The molecular weight excluding hydrogens is 467 g/mol. The largest absolute Gasteiger partial charge is 0.490 e. The summed E-state index contributed by atoms with van der Waals surface area (Å²) < 4.78 is 12.3. The molecule has 2 amide bonds. The lowest BCUT2D eigenvalue weighted by molar-refractivity contribution is -0.384.